The first-order valence-electron chi connectivity index (χ1n) is 8.23. The topological polar surface area (TPSA) is 67.2 Å². The molecule has 1 atom stereocenters. The molecule has 9 heteroatoms. The molecule has 1 N–H and O–H groups in total. The van der Waals surface area contributed by atoms with Crippen LogP contribution in [0, 0.1) is 0 Å². The lowest BCUT2D eigenvalue weighted by molar-refractivity contribution is -0.128. The van der Waals surface area contributed by atoms with Gasteiger partial charge in [0.2, 0.25) is 5.91 Å². The van der Waals surface area contributed by atoms with Crippen molar-refractivity contribution in [2.24, 2.45) is 0 Å². The number of amides is 1. The summed E-state index contributed by atoms with van der Waals surface area (Å²) in [7, 11) is 0. The smallest absolute Gasteiger partial charge is 0.291 e. The fourth-order valence-corrected chi connectivity index (χ4v) is 3.62. The number of hydrogen-bond acceptors (Lipinski definition) is 4. The van der Waals surface area contributed by atoms with Crippen LogP contribution in [0.25, 0.3) is 5.69 Å². The summed E-state index contributed by atoms with van der Waals surface area (Å²) < 4.78 is 1.14. The minimum absolute atomic E-state index is 0.0253. The van der Waals surface area contributed by atoms with Crippen LogP contribution in [0.3, 0.4) is 0 Å². The van der Waals surface area contributed by atoms with E-state index in [1.807, 2.05) is 4.90 Å². The van der Waals surface area contributed by atoms with E-state index in [1.54, 1.807) is 18.2 Å². The number of likely N-dealkylation sites (tertiary alicyclic amines) is 1. The maximum absolute atomic E-state index is 12.2. The van der Waals surface area contributed by atoms with Gasteiger partial charge in [-0.2, -0.15) is 9.78 Å². The molecule has 2 aliphatic rings. The number of aromatic nitrogens is 2. The molecular formula is C17H15Cl3N4O2. The first kappa shape index (κ1) is 17.6. The number of carbonyl (C=O) groups is 1. The Labute approximate surface area is 164 Å². The van der Waals surface area contributed by atoms with Crippen molar-refractivity contribution in [2.75, 3.05) is 11.9 Å². The summed E-state index contributed by atoms with van der Waals surface area (Å²) in [6.07, 6.45) is 3.96. The molecule has 136 valence electrons. The molecule has 1 saturated carbocycles. The molecule has 1 aliphatic heterocycles. The third-order valence-electron chi connectivity index (χ3n) is 4.58. The van der Waals surface area contributed by atoms with Gasteiger partial charge in [0.05, 0.1) is 33.7 Å². The molecular weight excluding hydrogens is 399 g/mol. The van der Waals surface area contributed by atoms with Crippen molar-refractivity contribution in [3.8, 4) is 5.69 Å². The minimum Gasteiger partial charge on any atom is -0.379 e. The van der Waals surface area contributed by atoms with Crippen LogP contribution in [-0.2, 0) is 4.79 Å². The number of anilines is 1. The molecule has 6 nitrogen and oxygen atoms in total. The maximum Gasteiger partial charge on any atom is 0.291 e. The maximum atomic E-state index is 12.2. The van der Waals surface area contributed by atoms with Gasteiger partial charge in [-0.3, -0.25) is 9.59 Å². The molecule has 0 radical (unpaired) electrons. The van der Waals surface area contributed by atoms with E-state index >= 15 is 0 Å². The summed E-state index contributed by atoms with van der Waals surface area (Å²) in [5, 5.41) is 7.74. The van der Waals surface area contributed by atoms with Gasteiger partial charge in [0, 0.05) is 19.0 Å². The molecule has 1 aromatic heterocycles. The Hall–Kier alpha value is -1.76. The van der Waals surface area contributed by atoms with Gasteiger partial charge in [-0.05, 0) is 31.0 Å². The molecule has 0 spiro atoms. The summed E-state index contributed by atoms with van der Waals surface area (Å²) in [5.41, 5.74) is 0.669. The highest BCUT2D eigenvalue weighted by Gasteiger charge is 2.39. The second-order valence-electron chi connectivity index (χ2n) is 6.51. The molecule has 0 bridgehead atoms. The summed E-state index contributed by atoms with van der Waals surface area (Å²) in [6.45, 7) is 0.690. The number of hydrogen-bond donors (Lipinski definition) is 1. The van der Waals surface area contributed by atoms with Gasteiger partial charge in [0.15, 0.2) is 0 Å². The van der Waals surface area contributed by atoms with E-state index < -0.39 is 5.56 Å². The van der Waals surface area contributed by atoms with E-state index in [4.69, 9.17) is 34.8 Å². The lowest BCUT2D eigenvalue weighted by Gasteiger charge is -2.18. The number of carbonyl (C=O) groups excluding carboxylic acids is 1. The Morgan fingerprint density at radius 3 is 2.58 bits per heavy atom. The zero-order valence-corrected chi connectivity index (χ0v) is 15.9. The van der Waals surface area contributed by atoms with Crippen molar-refractivity contribution in [3.63, 3.8) is 0 Å². The summed E-state index contributed by atoms with van der Waals surface area (Å²) in [4.78, 5) is 26.2. The van der Waals surface area contributed by atoms with E-state index in [-0.39, 0.29) is 22.0 Å². The Kier molecular flexibility index (Phi) is 4.59. The van der Waals surface area contributed by atoms with Gasteiger partial charge < -0.3 is 10.2 Å². The second-order valence-corrected chi connectivity index (χ2v) is 7.70. The fraction of sp³-hybridized carbons (Fsp3) is 0.353. The molecule has 1 aliphatic carbocycles. The monoisotopic (exact) mass is 412 g/mol. The van der Waals surface area contributed by atoms with E-state index in [9.17, 15) is 9.59 Å². The molecule has 1 saturated heterocycles. The number of nitrogens with zero attached hydrogens (tertiary/aromatic N) is 3. The van der Waals surface area contributed by atoms with Crippen LogP contribution in [0.2, 0.25) is 15.1 Å². The third-order valence-corrected chi connectivity index (χ3v) is 5.64. The first-order chi connectivity index (χ1) is 12.4. The van der Waals surface area contributed by atoms with Gasteiger partial charge in [-0.1, -0.05) is 34.8 Å². The quantitative estimate of drug-likeness (QED) is 0.834. The van der Waals surface area contributed by atoms with Gasteiger partial charge in [-0.25, -0.2) is 0 Å². The summed E-state index contributed by atoms with van der Waals surface area (Å²) in [6, 6.07) is 5.54. The van der Waals surface area contributed by atoms with Crippen molar-refractivity contribution >= 4 is 46.4 Å². The highest BCUT2D eigenvalue weighted by molar-refractivity contribution is 6.41. The Morgan fingerprint density at radius 2 is 1.88 bits per heavy atom. The first-order valence-corrected chi connectivity index (χ1v) is 9.36. The van der Waals surface area contributed by atoms with E-state index in [0.29, 0.717) is 35.4 Å². The predicted octanol–water partition coefficient (Wildman–Crippen LogP) is 3.37. The van der Waals surface area contributed by atoms with Crippen LogP contribution in [-0.4, -0.2) is 39.2 Å². The van der Waals surface area contributed by atoms with E-state index in [2.05, 4.69) is 10.4 Å². The number of nitrogens with one attached hydrogen (secondary N) is 1. The van der Waals surface area contributed by atoms with Crippen LogP contribution in [0.4, 0.5) is 5.69 Å². The Morgan fingerprint density at radius 1 is 1.12 bits per heavy atom. The average Bonchev–Trinajstić information content (AvgIpc) is 3.38. The average molecular weight is 414 g/mol. The Bertz CT molecular complexity index is 942. The van der Waals surface area contributed by atoms with Gasteiger partial charge in [0.1, 0.15) is 5.02 Å². The molecule has 1 amide bonds. The second kappa shape index (κ2) is 6.76. The van der Waals surface area contributed by atoms with Crippen molar-refractivity contribution in [3.05, 3.63) is 49.8 Å². The molecule has 4 rings (SSSR count). The largest absolute Gasteiger partial charge is 0.379 e. The van der Waals surface area contributed by atoms with Crippen molar-refractivity contribution in [2.45, 2.75) is 31.3 Å². The van der Waals surface area contributed by atoms with Crippen molar-refractivity contribution in [1.82, 2.24) is 14.7 Å². The van der Waals surface area contributed by atoms with Crippen molar-refractivity contribution in [1.29, 1.82) is 0 Å². The van der Waals surface area contributed by atoms with Crippen LogP contribution >= 0.6 is 34.8 Å². The lowest BCUT2D eigenvalue weighted by atomic mass is 10.2. The highest BCUT2D eigenvalue weighted by atomic mass is 35.5. The molecule has 2 heterocycles. The number of halogens is 3. The number of benzene rings is 1. The molecule has 2 fully saturated rings. The van der Waals surface area contributed by atoms with E-state index in [1.165, 1.54) is 6.20 Å². The predicted molar refractivity (Wildman–Crippen MR) is 102 cm³/mol. The summed E-state index contributed by atoms with van der Waals surface area (Å²) >= 11 is 18.1. The zero-order chi connectivity index (χ0) is 18.4. The Balaban J connectivity index is 1.54. The van der Waals surface area contributed by atoms with Crippen LogP contribution in [0.5, 0.6) is 0 Å². The van der Waals surface area contributed by atoms with Crippen LogP contribution in [0.1, 0.15) is 19.3 Å². The van der Waals surface area contributed by atoms with Crippen molar-refractivity contribution < 1.29 is 4.79 Å². The van der Waals surface area contributed by atoms with Crippen LogP contribution in [0.15, 0.2) is 29.2 Å². The minimum atomic E-state index is -0.516. The summed E-state index contributed by atoms with van der Waals surface area (Å²) in [5.74, 6) is 0.185. The third kappa shape index (κ3) is 3.29. The normalized spacial score (nSPS) is 19.9. The van der Waals surface area contributed by atoms with Gasteiger partial charge in [-0.15, -0.1) is 0 Å². The van der Waals surface area contributed by atoms with E-state index in [0.717, 1.165) is 17.5 Å². The fourth-order valence-electron chi connectivity index (χ4n) is 3.14. The highest BCUT2D eigenvalue weighted by Crippen LogP contribution is 2.32. The van der Waals surface area contributed by atoms with Gasteiger partial charge >= 0.3 is 0 Å². The van der Waals surface area contributed by atoms with Crippen LogP contribution < -0.4 is 10.9 Å². The SMILES string of the molecule is O=C1CC(Nc2ccc(-n3ncc(Cl)c(Cl)c3=O)cc2Cl)CN1C1CC1. The number of rotatable bonds is 4. The molecule has 2 aromatic rings. The standard InChI is InChI=1S/C17H15Cl3N4O2/c18-12-6-11(24-17(26)16(20)13(19)7-21-24)3-4-14(12)22-9-5-15(25)23(8-9)10-1-2-10/h3-4,6-7,9-10,22H,1-2,5,8H2. The molecule has 1 unspecified atom stereocenters. The zero-order valence-electron chi connectivity index (χ0n) is 13.6. The van der Waals surface area contributed by atoms with Gasteiger partial charge in [0.25, 0.3) is 5.56 Å². The molecule has 1 aromatic carbocycles. The lowest BCUT2D eigenvalue weighted by Crippen LogP contribution is -2.29. The molecule has 26 heavy (non-hydrogen) atoms.